The van der Waals surface area contributed by atoms with Crippen molar-refractivity contribution < 1.29 is 17.2 Å². The zero-order chi connectivity index (χ0) is 27.6. The second kappa shape index (κ2) is 8.99. The predicted molar refractivity (Wildman–Crippen MR) is 142 cm³/mol. The zero-order valence-corrected chi connectivity index (χ0v) is 22.6. The predicted octanol–water partition coefficient (Wildman–Crippen LogP) is 4.43. The van der Waals surface area contributed by atoms with E-state index in [0.717, 1.165) is 47.3 Å². The van der Waals surface area contributed by atoms with Gasteiger partial charge in [-0.25, -0.2) is 21.9 Å². The highest BCUT2D eigenvalue weighted by Gasteiger charge is 2.65. The maximum Gasteiger partial charge on any atom is 0.208 e. The van der Waals surface area contributed by atoms with E-state index >= 15 is 0 Å². The van der Waals surface area contributed by atoms with E-state index in [9.17, 15) is 17.2 Å². The van der Waals surface area contributed by atoms with E-state index in [1.54, 1.807) is 16.9 Å². The van der Waals surface area contributed by atoms with Crippen LogP contribution in [0.5, 0.6) is 0 Å². The van der Waals surface area contributed by atoms with Crippen molar-refractivity contribution in [1.29, 1.82) is 0 Å². The number of hydrogen-bond donors (Lipinski definition) is 1. The van der Waals surface area contributed by atoms with Gasteiger partial charge in [-0.05, 0) is 60.1 Å². The van der Waals surface area contributed by atoms with Crippen LogP contribution in [-0.2, 0) is 22.0 Å². The lowest BCUT2D eigenvalue weighted by molar-refractivity contribution is 0.243. The third kappa shape index (κ3) is 4.06. The highest BCUT2D eigenvalue weighted by molar-refractivity contribution is 7.88. The summed E-state index contributed by atoms with van der Waals surface area (Å²) < 4.78 is 55.9. The molecule has 0 saturated heterocycles. The first-order chi connectivity index (χ1) is 18.5. The third-order valence-electron chi connectivity index (χ3n) is 8.42. The molecule has 2 aliphatic carbocycles. The molecule has 1 saturated carbocycles. The van der Waals surface area contributed by atoms with Crippen LogP contribution in [0.1, 0.15) is 49.6 Å². The molecular weight excluding hydrogens is 522 g/mol. The molecule has 0 aliphatic heterocycles. The Bertz CT molecular complexity index is 1680. The van der Waals surface area contributed by atoms with Gasteiger partial charge in [0.1, 0.15) is 11.6 Å². The van der Waals surface area contributed by atoms with Crippen LogP contribution in [0.3, 0.4) is 0 Å². The molecule has 0 unspecified atom stereocenters. The Balaban J connectivity index is 1.37. The van der Waals surface area contributed by atoms with E-state index in [1.165, 1.54) is 18.2 Å². The van der Waals surface area contributed by atoms with Gasteiger partial charge < -0.3 is 0 Å². The van der Waals surface area contributed by atoms with E-state index in [-0.39, 0.29) is 29.1 Å². The second-order valence-corrected chi connectivity index (χ2v) is 12.7. The smallest absolute Gasteiger partial charge is 0.208 e. The van der Waals surface area contributed by atoms with Crippen LogP contribution >= 0.6 is 0 Å². The van der Waals surface area contributed by atoms with Gasteiger partial charge in [-0.3, -0.25) is 9.67 Å². The highest BCUT2D eigenvalue weighted by Crippen LogP contribution is 2.69. The summed E-state index contributed by atoms with van der Waals surface area (Å²) in [5.74, 6) is -1.18. The number of benzene rings is 1. The number of sulfonamides is 1. The molecule has 202 valence electrons. The minimum absolute atomic E-state index is 0.145. The SMILES string of the molecule is CC1(C)[C@H]2CC[C@]1(c1cccc(-c3cnn(CCNS(C)(=O)=O)c3)n1)c1nnc(-c3c(F)cccc3F)cc12. The van der Waals surface area contributed by atoms with Gasteiger partial charge in [0, 0.05) is 18.3 Å². The van der Waals surface area contributed by atoms with Crippen molar-refractivity contribution in [1.82, 2.24) is 29.7 Å². The summed E-state index contributed by atoms with van der Waals surface area (Å²) in [7, 11) is -3.27. The number of aromatic nitrogens is 5. The number of halogens is 2. The van der Waals surface area contributed by atoms with Crippen LogP contribution in [0.25, 0.3) is 22.5 Å². The lowest BCUT2D eigenvalue weighted by atomic mass is 9.66. The van der Waals surface area contributed by atoms with Crippen molar-refractivity contribution >= 4 is 10.0 Å². The molecule has 8 nitrogen and oxygen atoms in total. The quantitative estimate of drug-likeness (QED) is 0.365. The largest absolute Gasteiger partial charge is 0.271 e. The Labute approximate surface area is 225 Å². The van der Waals surface area contributed by atoms with Gasteiger partial charge in [-0.1, -0.05) is 26.0 Å². The van der Waals surface area contributed by atoms with Gasteiger partial charge in [0.05, 0.1) is 52.8 Å². The molecule has 0 spiro atoms. The normalized spacial score (nSPS) is 21.3. The summed E-state index contributed by atoms with van der Waals surface area (Å²) in [5, 5.41) is 13.3. The Hall–Kier alpha value is -3.57. The van der Waals surface area contributed by atoms with Crippen molar-refractivity contribution in [2.45, 2.75) is 44.6 Å². The van der Waals surface area contributed by atoms with Crippen molar-refractivity contribution in [3.63, 3.8) is 0 Å². The minimum Gasteiger partial charge on any atom is -0.271 e. The summed E-state index contributed by atoms with van der Waals surface area (Å²) >= 11 is 0. The van der Waals surface area contributed by atoms with Crippen LogP contribution in [0, 0.1) is 17.0 Å². The van der Waals surface area contributed by atoms with Crippen molar-refractivity contribution in [3.05, 3.63) is 83.4 Å². The van der Waals surface area contributed by atoms with Gasteiger partial charge in [0.2, 0.25) is 10.0 Å². The Morgan fingerprint density at radius 1 is 1.08 bits per heavy atom. The fourth-order valence-corrected chi connectivity index (χ4v) is 7.02. The fourth-order valence-electron chi connectivity index (χ4n) is 6.55. The molecule has 0 radical (unpaired) electrons. The van der Waals surface area contributed by atoms with Crippen molar-refractivity contribution in [2.24, 2.45) is 5.41 Å². The highest BCUT2D eigenvalue weighted by atomic mass is 32.2. The van der Waals surface area contributed by atoms with Crippen LogP contribution < -0.4 is 4.72 Å². The standard InChI is InChI=1S/C28H28F2N6O2S/c1-27(2)19-10-11-28(27,26-18(19)14-23(34-35-26)25-20(29)6-4-7-21(25)30)24-9-5-8-22(33-24)17-15-31-36(16-17)13-12-32-39(3,37)38/h4-9,14-16,19,32H,10-13H2,1-3H3/t19-,28-/m0/s1. The van der Waals surface area contributed by atoms with E-state index in [2.05, 4.69) is 33.9 Å². The second-order valence-electron chi connectivity index (χ2n) is 10.9. The molecule has 6 rings (SSSR count). The lowest BCUT2D eigenvalue weighted by Crippen LogP contribution is -2.37. The average Bonchev–Trinajstić information content (AvgIpc) is 3.51. The summed E-state index contributed by atoms with van der Waals surface area (Å²) in [5.41, 5.74) is 3.50. The van der Waals surface area contributed by atoms with Gasteiger partial charge in [-0.15, -0.1) is 5.10 Å². The molecule has 1 N–H and O–H groups in total. The van der Waals surface area contributed by atoms with Gasteiger partial charge in [0.15, 0.2) is 0 Å². The van der Waals surface area contributed by atoms with E-state index in [1.807, 2.05) is 24.4 Å². The summed E-state index contributed by atoms with van der Waals surface area (Å²) in [4.78, 5) is 5.08. The van der Waals surface area contributed by atoms with Crippen molar-refractivity contribution in [3.8, 4) is 22.5 Å². The Kier molecular flexibility index (Phi) is 5.92. The topological polar surface area (TPSA) is 103 Å². The molecular formula is C28H28F2N6O2S. The van der Waals surface area contributed by atoms with Crippen LogP contribution in [-0.4, -0.2) is 46.2 Å². The zero-order valence-electron chi connectivity index (χ0n) is 21.8. The summed E-state index contributed by atoms with van der Waals surface area (Å²) in [6.07, 6.45) is 6.42. The van der Waals surface area contributed by atoms with Crippen LogP contribution in [0.15, 0.2) is 54.9 Å². The minimum atomic E-state index is -3.27. The number of fused-ring (bicyclic) bond motifs is 5. The molecule has 11 heteroatoms. The monoisotopic (exact) mass is 550 g/mol. The molecule has 3 heterocycles. The van der Waals surface area contributed by atoms with Gasteiger partial charge >= 0.3 is 0 Å². The number of rotatable bonds is 7. The Morgan fingerprint density at radius 3 is 2.56 bits per heavy atom. The number of hydrogen-bond acceptors (Lipinski definition) is 6. The van der Waals surface area contributed by atoms with Crippen LogP contribution in [0.2, 0.25) is 0 Å². The van der Waals surface area contributed by atoms with Crippen LogP contribution in [0.4, 0.5) is 8.78 Å². The van der Waals surface area contributed by atoms with Crippen molar-refractivity contribution in [2.75, 3.05) is 12.8 Å². The summed E-state index contributed by atoms with van der Waals surface area (Å²) in [6.45, 7) is 5.04. The van der Waals surface area contributed by atoms with E-state index in [0.29, 0.717) is 6.54 Å². The lowest BCUT2D eigenvalue weighted by Gasteiger charge is -2.37. The molecule has 2 aliphatic rings. The maximum absolute atomic E-state index is 14.5. The molecule has 4 aromatic rings. The van der Waals surface area contributed by atoms with E-state index in [4.69, 9.17) is 4.98 Å². The third-order valence-corrected chi connectivity index (χ3v) is 9.15. The Morgan fingerprint density at radius 2 is 1.82 bits per heavy atom. The maximum atomic E-state index is 14.5. The molecule has 3 aromatic heterocycles. The number of nitrogens with zero attached hydrogens (tertiary/aromatic N) is 5. The van der Waals surface area contributed by atoms with E-state index < -0.39 is 27.1 Å². The number of nitrogens with one attached hydrogen (secondary N) is 1. The number of pyridine rings is 1. The molecule has 1 fully saturated rings. The molecule has 39 heavy (non-hydrogen) atoms. The molecule has 2 bridgehead atoms. The molecule has 1 aromatic carbocycles. The first-order valence-corrected chi connectivity index (χ1v) is 14.7. The average molecular weight is 551 g/mol. The van der Waals surface area contributed by atoms with Gasteiger partial charge in [0.25, 0.3) is 0 Å². The molecule has 0 amide bonds. The first-order valence-electron chi connectivity index (χ1n) is 12.8. The molecule has 2 atom stereocenters. The van der Waals surface area contributed by atoms with Gasteiger partial charge in [-0.2, -0.15) is 10.2 Å². The fraction of sp³-hybridized carbons (Fsp3) is 0.357. The summed E-state index contributed by atoms with van der Waals surface area (Å²) in [6, 6.07) is 11.5. The first kappa shape index (κ1) is 25.7.